The van der Waals surface area contributed by atoms with Gasteiger partial charge in [0.1, 0.15) is 12.2 Å². The Balaban J connectivity index is 1.80. The molecule has 1 amide bonds. The highest BCUT2D eigenvalue weighted by Crippen LogP contribution is 2.24. The lowest BCUT2D eigenvalue weighted by Crippen LogP contribution is -2.12. The summed E-state index contributed by atoms with van der Waals surface area (Å²) in [5, 5.41) is 3.27. The maximum Gasteiger partial charge on any atom is 0.338 e. The molecular formula is C23H23NO5. The summed E-state index contributed by atoms with van der Waals surface area (Å²) >= 11 is 0. The van der Waals surface area contributed by atoms with Crippen molar-refractivity contribution in [3.8, 4) is 0 Å². The summed E-state index contributed by atoms with van der Waals surface area (Å²) in [5.41, 5.74) is 2.36. The van der Waals surface area contributed by atoms with Crippen LogP contribution in [-0.4, -0.2) is 11.9 Å². The summed E-state index contributed by atoms with van der Waals surface area (Å²) in [6, 6.07) is 13.6. The number of rotatable bonds is 4. The summed E-state index contributed by atoms with van der Waals surface area (Å²) in [4.78, 5) is 35.5. The summed E-state index contributed by atoms with van der Waals surface area (Å²) in [5.74, 6) is -0.698. The second-order valence-electron chi connectivity index (χ2n) is 7.89. The van der Waals surface area contributed by atoms with Gasteiger partial charge in [-0.3, -0.25) is 4.79 Å². The molecule has 3 rings (SSSR count). The summed E-state index contributed by atoms with van der Waals surface area (Å²) in [7, 11) is 0. The molecule has 0 fully saturated rings. The standard InChI is InChI=1S/C23H23NO5/c1-14(25)24-18-9-10-19-16(11-21(26)29-20(19)12-18)13-28-22(27)15-5-7-17(8-6-15)23(2,3)4/h5-12H,13H2,1-4H3,(H,24,25). The van der Waals surface area contributed by atoms with Gasteiger partial charge in [0.2, 0.25) is 5.91 Å². The van der Waals surface area contributed by atoms with Crippen LogP contribution in [0.15, 0.2) is 57.7 Å². The molecule has 0 aliphatic carbocycles. The van der Waals surface area contributed by atoms with E-state index in [1.165, 1.54) is 13.0 Å². The summed E-state index contributed by atoms with van der Waals surface area (Å²) < 4.78 is 10.6. The number of hydrogen-bond acceptors (Lipinski definition) is 5. The van der Waals surface area contributed by atoms with E-state index < -0.39 is 11.6 Å². The Labute approximate surface area is 168 Å². The molecule has 6 nitrogen and oxygen atoms in total. The van der Waals surface area contributed by atoms with E-state index in [1.54, 1.807) is 30.3 Å². The molecule has 0 aliphatic heterocycles. The molecule has 0 atom stereocenters. The summed E-state index contributed by atoms with van der Waals surface area (Å²) in [6.45, 7) is 7.63. The molecule has 0 bridgehead atoms. The molecule has 0 radical (unpaired) electrons. The lowest BCUT2D eigenvalue weighted by Gasteiger charge is -2.18. The zero-order valence-electron chi connectivity index (χ0n) is 16.9. The van der Waals surface area contributed by atoms with Gasteiger partial charge in [-0.25, -0.2) is 9.59 Å². The maximum atomic E-state index is 12.4. The average molecular weight is 393 g/mol. The van der Waals surface area contributed by atoms with E-state index >= 15 is 0 Å². The molecule has 0 saturated heterocycles. The lowest BCUT2D eigenvalue weighted by atomic mass is 9.87. The van der Waals surface area contributed by atoms with Gasteiger partial charge in [0.05, 0.1) is 5.56 Å². The minimum Gasteiger partial charge on any atom is -0.457 e. The first kappa shape index (κ1) is 20.3. The SMILES string of the molecule is CC(=O)Nc1ccc2c(COC(=O)c3ccc(C(C)(C)C)cc3)cc(=O)oc2c1. The number of benzene rings is 2. The Hall–Kier alpha value is -3.41. The molecule has 1 N–H and O–H groups in total. The van der Waals surface area contributed by atoms with Crippen LogP contribution >= 0.6 is 0 Å². The zero-order chi connectivity index (χ0) is 21.2. The number of carbonyl (C=O) groups is 2. The highest BCUT2D eigenvalue weighted by atomic mass is 16.5. The van der Waals surface area contributed by atoms with Gasteiger partial charge in [0.15, 0.2) is 0 Å². The third kappa shape index (κ3) is 4.90. The predicted octanol–water partition coefficient (Wildman–Crippen LogP) is 4.41. The molecule has 3 aromatic rings. The maximum absolute atomic E-state index is 12.4. The van der Waals surface area contributed by atoms with Gasteiger partial charge in [-0.15, -0.1) is 0 Å². The van der Waals surface area contributed by atoms with Crippen LogP contribution in [0.1, 0.15) is 49.2 Å². The Morgan fingerprint density at radius 3 is 2.34 bits per heavy atom. The van der Waals surface area contributed by atoms with Crippen LogP contribution < -0.4 is 10.9 Å². The van der Waals surface area contributed by atoms with Gasteiger partial charge in [0.25, 0.3) is 0 Å². The number of hydrogen-bond donors (Lipinski definition) is 1. The minimum absolute atomic E-state index is 0.00445. The molecule has 150 valence electrons. The van der Waals surface area contributed by atoms with E-state index in [9.17, 15) is 14.4 Å². The highest BCUT2D eigenvalue weighted by molar-refractivity contribution is 5.92. The largest absolute Gasteiger partial charge is 0.457 e. The first-order valence-electron chi connectivity index (χ1n) is 9.25. The van der Waals surface area contributed by atoms with Gasteiger partial charge in [-0.05, 0) is 35.2 Å². The quantitative estimate of drug-likeness (QED) is 0.524. The number of anilines is 1. The first-order valence-corrected chi connectivity index (χ1v) is 9.25. The topological polar surface area (TPSA) is 85.6 Å². The van der Waals surface area contributed by atoms with Crippen LogP contribution in [0, 0.1) is 0 Å². The van der Waals surface area contributed by atoms with Gasteiger partial charge in [0, 0.05) is 35.7 Å². The van der Waals surface area contributed by atoms with Crippen molar-refractivity contribution in [3.05, 3.63) is 75.6 Å². The fourth-order valence-corrected chi connectivity index (χ4v) is 2.96. The third-order valence-corrected chi connectivity index (χ3v) is 4.50. The van der Waals surface area contributed by atoms with Gasteiger partial charge < -0.3 is 14.5 Å². The van der Waals surface area contributed by atoms with Crippen LogP contribution in [0.3, 0.4) is 0 Å². The predicted molar refractivity (Wildman–Crippen MR) is 111 cm³/mol. The molecule has 0 aliphatic rings. The van der Waals surface area contributed by atoms with Gasteiger partial charge >= 0.3 is 11.6 Å². The van der Waals surface area contributed by atoms with Crippen LogP contribution in [-0.2, 0) is 21.6 Å². The van der Waals surface area contributed by atoms with E-state index in [-0.39, 0.29) is 17.9 Å². The molecule has 2 aromatic carbocycles. The molecular weight excluding hydrogens is 370 g/mol. The fourth-order valence-electron chi connectivity index (χ4n) is 2.96. The third-order valence-electron chi connectivity index (χ3n) is 4.50. The van der Waals surface area contributed by atoms with E-state index in [2.05, 4.69) is 26.1 Å². The van der Waals surface area contributed by atoms with Gasteiger partial charge in [-0.2, -0.15) is 0 Å². The number of ether oxygens (including phenoxy) is 1. The van der Waals surface area contributed by atoms with E-state index in [4.69, 9.17) is 9.15 Å². The second-order valence-corrected chi connectivity index (χ2v) is 7.89. The summed E-state index contributed by atoms with van der Waals surface area (Å²) in [6.07, 6.45) is 0. The van der Waals surface area contributed by atoms with Crippen molar-refractivity contribution in [2.75, 3.05) is 5.32 Å². The molecule has 0 saturated carbocycles. The Morgan fingerprint density at radius 2 is 1.72 bits per heavy atom. The number of esters is 1. The van der Waals surface area contributed by atoms with Crippen LogP contribution in [0.25, 0.3) is 11.0 Å². The number of amides is 1. The average Bonchev–Trinajstić information content (AvgIpc) is 2.64. The van der Waals surface area contributed by atoms with Crippen molar-refractivity contribution in [2.24, 2.45) is 0 Å². The molecule has 29 heavy (non-hydrogen) atoms. The van der Waals surface area contributed by atoms with E-state index in [0.29, 0.717) is 27.8 Å². The van der Waals surface area contributed by atoms with Crippen molar-refractivity contribution in [3.63, 3.8) is 0 Å². The molecule has 0 unspecified atom stereocenters. The number of nitrogens with one attached hydrogen (secondary N) is 1. The van der Waals surface area contributed by atoms with Crippen LogP contribution in [0.4, 0.5) is 5.69 Å². The number of carbonyl (C=O) groups excluding carboxylic acids is 2. The fraction of sp³-hybridized carbons (Fsp3) is 0.261. The molecule has 1 aromatic heterocycles. The second kappa shape index (κ2) is 7.91. The van der Waals surface area contributed by atoms with Crippen LogP contribution in [0.2, 0.25) is 0 Å². The Morgan fingerprint density at radius 1 is 1.03 bits per heavy atom. The number of fused-ring (bicyclic) bond motifs is 1. The van der Waals surface area contributed by atoms with E-state index in [0.717, 1.165) is 5.56 Å². The van der Waals surface area contributed by atoms with Crippen molar-refractivity contribution in [1.82, 2.24) is 0 Å². The van der Waals surface area contributed by atoms with Crippen molar-refractivity contribution in [2.45, 2.75) is 39.7 Å². The molecule has 6 heteroatoms. The molecule has 0 spiro atoms. The Bertz CT molecular complexity index is 1120. The first-order chi connectivity index (χ1) is 13.6. The highest BCUT2D eigenvalue weighted by Gasteiger charge is 2.15. The monoisotopic (exact) mass is 393 g/mol. The lowest BCUT2D eigenvalue weighted by molar-refractivity contribution is -0.114. The van der Waals surface area contributed by atoms with Gasteiger partial charge in [-0.1, -0.05) is 32.9 Å². The van der Waals surface area contributed by atoms with Crippen molar-refractivity contribution < 1.29 is 18.7 Å². The normalized spacial score (nSPS) is 11.3. The molecule has 1 heterocycles. The van der Waals surface area contributed by atoms with Crippen LogP contribution in [0.5, 0.6) is 0 Å². The van der Waals surface area contributed by atoms with Crippen molar-refractivity contribution in [1.29, 1.82) is 0 Å². The smallest absolute Gasteiger partial charge is 0.338 e. The van der Waals surface area contributed by atoms with Crippen molar-refractivity contribution >= 4 is 28.5 Å². The Kier molecular flexibility index (Phi) is 5.55. The zero-order valence-corrected chi connectivity index (χ0v) is 16.9. The van der Waals surface area contributed by atoms with E-state index in [1.807, 2.05) is 12.1 Å². The minimum atomic E-state index is -0.557.